The van der Waals surface area contributed by atoms with Gasteiger partial charge in [0.1, 0.15) is 11.9 Å². The molecular weight excluding hydrogens is 605 g/mol. The third-order valence-corrected chi connectivity index (χ3v) is 10.2. The second-order valence-corrected chi connectivity index (χ2v) is 13.9. The lowest BCUT2D eigenvalue weighted by atomic mass is 9.56. The maximum absolute atomic E-state index is 14.8. The van der Waals surface area contributed by atoms with Gasteiger partial charge in [-0.05, 0) is 72.9 Å². The summed E-state index contributed by atoms with van der Waals surface area (Å²) < 4.78 is 41.3. The Labute approximate surface area is 264 Å². The van der Waals surface area contributed by atoms with Crippen molar-refractivity contribution in [3.8, 4) is 0 Å². The van der Waals surface area contributed by atoms with Gasteiger partial charge < -0.3 is 28.1 Å². The molecule has 1 unspecified atom stereocenters. The van der Waals surface area contributed by atoms with E-state index in [0.717, 1.165) is 4.90 Å². The van der Waals surface area contributed by atoms with Gasteiger partial charge in [0.15, 0.2) is 5.66 Å². The number of nitrogens with zero attached hydrogens (tertiary/aromatic N) is 1. The minimum atomic E-state index is -4.17. The van der Waals surface area contributed by atoms with E-state index in [4.69, 9.17) is 23.3 Å². The molecule has 248 valence electrons. The first-order chi connectivity index (χ1) is 21.3. The number of imide groups is 1. The highest BCUT2D eigenvalue weighted by Gasteiger charge is 2.65. The average Bonchev–Trinajstić information content (AvgIpc) is 3.22. The van der Waals surface area contributed by atoms with Crippen molar-refractivity contribution in [1.29, 1.82) is 0 Å². The van der Waals surface area contributed by atoms with Crippen LogP contribution in [0.15, 0.2) is 36.4 Å². The molecule has 3 rings (SSSR count). The van der Waals surface area contributed by atoms with E-state index in [2.05, 4.69) is 0 Å². The molecule has 12 nitrogen and oxygen atoms in total. The Balaban J connectivity index is 2.28. The molecule has 0 saturated heterocycles. The molecule has 1 spiro atoms. The molecule has 1 aromatic carbocycles. The molecule has 0 saturated carbocycles. The maximum atomic E-state index is 14.8. The number of carbonyl (C=O) groups excluding carboxylic acids is 5. The van der Waals surface area contributed by atoms with Crippen LogP contribution in [0.3, 0.4) is 0 Å². The van der Waals surface area contributed by atoms with Crippen molar-refractivity contribution in [1.82, 2.24) is 0 Å². The summed E-state index contributed by atoms with van der Waals surface area (Å²) in [5.41, 5.74) is -3.76. The predicted octanol–water partition coefficient (Wildman–Crippen LogP) is 5.36. The zero-order chi connectivity index (χ0) is 33.6. The number of anilines is 1. The van der Waals surface area contributed by atoms with Gasteiger partial charge in [-0.25, -0.2) is 9.69 Å². The van der Waals surface area contributed by atoms with E-state index in [1.807, 2.05) is 0 Å². The Morgan fingerprint density at radius 1 is 1.02 bits per heavy atom. The Morgan fingerprint density at radius 3 is 2.20 bits per heavy atom. The fraction of sp³-hybridized carbons (Fsp3) is 0.594. The van der Waals surface area contributed by atoms with Crippen LogP contribution < -0.4 is 4.90 Å². The SMILES string of the molecule is CCOC(=O)C(C[C@H](C=O)[C@H]1C=CC[C@H](C(=O)OCC)[C@@]12C(=O)N(C(=O)OC(C)(C)C)c1ccccc12)P(=O)(OCC)OCC. The monoisotopic (exact) mass is 649 g/mol. The highest BCUT2D eigenvalue weighted by molar-refractivity contribution is 7.55. The van der Waals surface area contributed by atoms with Crippen LogP contribution in [0.25, 0.3) is 0 Å². The minimum absolute atomic E-state index is 0.0271. The first kappa shape index (κ1) is 36.1. The number of hydrogen-bond acceptors (Lipinski definition) is 11. The maximum Gasteiger partial charge on any atom is 0.421 e. The van der Waals surface area contributed by atoms with Crippen molar-refractivity contribution in [3.63, 3.8) is 0 Å². The number of rotatable bonds is 13. The summed E-state index contributed by atoms with van der Waals surface area (Å²) in [6.07, 6.45) is 2.59. The number of allylic oxidation sites excluding steroid dienone is 2. The summed E-state index contributed by atoms with van der Waals surface area (Å²) in [6, 6.07) is 6.51. The van der Waals surface area contributed by atoms with Gasteiger partial charge in [0.05, 0.1) is 43.4 Å². The lowest BCUT2D eigenvalue weighted by molar-refractivity contribution is -0.156. The number of ether oxygens (including phenoxy) is 3. The molecule has 2 amide bonds. The fourth-order valence-electron chi connectivity index (χ4n) is 6.23. The zero-order valence-electron chi connectivity index (χ0n) is 27.0. The molecule has 45 heavy (non-hydrogen) atoms. The van der Waals surface area contributed by atoms with Crippen LogP contribution >= 0.6 is 7.60 Å². The van der Waals surface area contributed by atoms with Crippen LogP contribution in [0.2, 0.25) is 0 Å². The number of aldehydes is 1. The molecule has 0 aromatic heterocycles. The van der Waals surface area contributed by atoms with Crippen molar-refractivity contribution >= 4 is 43.5 Å². The molecule has 1 heterocycles. The lowest BCUT2D eigenvalue weighted by Gasteiger charge is -2.44. The molecule has 1 aliphatic heterocycles. The van der Waals surface area contributed by atoms with Gasteiger partial charge in [0.25, 0.3) is 0 Å². The summed E-state index contributed by atoms with van der Waals surface area (Å²) in [6.45, 7) is 11.3. The zero-order valence-corrected chi connectivity index (χ0v) is 27.9. The summed E-state index contributed by atoms with van der Waals surface area (Å²) in [7, 11) is -4.17. The normalized spacial score (nSPS) is 22.5. The van der Waals surface area contributed by atoms with Crippen molar-refractivity contribution in [2.75, 3.05) is 31.3 Å². The summed E-state index contributed by atoms with van der Waals surface area (Å²) in [5.74, 6) is -5.79. The van der Waals surface area contributed by atoms with Gasteiger partial charge >= 0.3 is 25.6 Å². The van der Waals surface area contributed by atoms with E-state index in [9.17, 15) is 28.5 Å². The largest absolute Gasteiger partial charge is 0.466 e. The number of esters is 2. The van der Waals surface area contributed by atoms with Crippen LogP contribution in [0.4, 0.5) is 10.5 Å². The van der Waals surface area contributed by atoms with Gasteiger partial charge in [-0.1, -0.05) is 30.4 Å². The first-order valence-corrected chi connectivity index (χ1v) is 16.9. The highest BCUT2D eigenvalue weighted by Crippen LogP contribution is 2.60. The van der Waals surface area contributed by atoms with Crippen molar-refractivity contribution in [3.05, 3.63) is 42.0 Å². The minimum Gasteiger partial charge on any atom is -0.466 e. The van der Waals surface area contributed by atoms with Gasteiger partial charge in [0.2, 0.25) is 5.91 Å². The van der Waals surface area contributed by atoms with E-state index >= 15 is 0 Å². The number of fused-ring (bicyclic) bond motifs is 2. The predicted molar refractivity (Wildman–Crippen MR) is 165 cm³/mol. The summed E-state index contributed by atoms with van der Waals surface area (Å²) in [4.78, 5) is 69.2. The molecule has 1 aliphatic carbocycles. The number of amides is 2. The number of benzene rings is 1. The van der Waals surface area contributed by atoms with Crippen LogP contribution in [0.5, 0.6) is 0 Å². The molecule has 0 fully saturated rings. The Kier molecular flexibility index (Phi) is 11.9. The van der Waals surface area contributed by atoms with E-state index in [-0.39, 0.29) is 38.5 Å². The van der Waals surface area contributed by atoms with Gasteiger partial charge in [-0.2, -0.15) is 0 Å². The second kappa shape index (κ2) is 14.8. The molecular formula is C32H44NO11P. The quantitative estimate of drug-likeness (QED) is 0.0892. The molecule has 2 aliphatic rings. The number of para-hydroxylation sites is 1. The van der Waals surface area contributed by atoms with Crippen LogP contribution in [-0.4, -0.2) is 67.9 Å². The van der Waals surface area contributed by atoms with E-state index in [1.54, 1.807) is 84.9 Å². The standard InChI is InChI=1S/C32H44NO11P/c1-8-40-27(35)24-17-14-16-22(21(20-34)19-26(28(36)41-9-2)45(39,42-10-3)43-11-4)32(24)23-15-12-13-18-25(23)33(29(32)37)30(38)44-31(5,6)7/h12-16,18,20-22,24,26H,8-11,17,19H2,1-7H3/t21-,22-,24-,26?,32-/m1/s1. The van der Waals surface area contributed by atoms with Crippen molar-refractivity contribution in [2.45, 2.75) is 78.0 Å². The van der Waals surface area contributed by atoms with Gasteiger partial charge in [-0.15, -0.1) is 0 Å². The Hall–Kier alpha value is -3.34. The van der Waals surface area contributed by atoms with Gasteiger partial charge in [0, 0.05) is 11.8 Å². The van der Waals surface area contributed by atoms with Crippen LogP contribution in [0, 0.1) is 17.8 Å². The van der Waals surface area contributed by atoms with Gasteiger partial charge in [-0.3, -0.25) is 18.9 Å². The van der Waals surface area contributed by atoms with Crippen molar-refractivity contribution < 1.29 is 51.8 Å². The van der Waals surface area contributed by atoms with Crippen LogP contribution in [0.1, 0.15) is 66.9 Å². The highest BCUT2D eigenvalue weighted by atomic mass is 31.2. The molecule has 0 N–H and O–H groups in total. The average molecular weight is 650 g/mol. The lowest BCUT2D eigenvalue weighted by Crippen LogP contribution is -2.57. The third kappa shape index (κ3) is 7.08. The summed E-state index contributed by atoms with van der Waals surface area (Å²) in [5, 5.41) is 0. The molecule has 0 radical (unpaired) electrons. The third-order valence-electron chi connectivity index (χ3n) is 7.78. The molecule has 5 atom stereocenters. The van der Waals surface area contributed by atoms with Crippen LogP contribution in [-0.2, 0) is 52.4 Å². The second-order valence-electron chi connectivity index (χ2n) is 11.7. The topological polar surface area (TPSA) is 152 Å². The molecule has 0 bridgehead atoms. The van der Waals surface area contributed by atoms with E-state index in [0.29, 0.717) is 11.8 Å². The molecule has 13 heteroatoms. The number of hydrogen-bond donors (Lipinski definition) is 0. The summed E-state index contributed by atoms with van der Waals surface area (Å²) >= 11 is 0. The smallest absolute Gasteiger partial charge is 0.421 e. The Morgan fingerprint density at radius 2 is 1.64 bits per heavy atom. The first-order valence-electron chi connectivity index (χ1n) is 15.3. The van der Waals surface area contributed by atoms with E-state index in [1.165, 1.54) is 0 Å². The molecule has 1 aromatic rings. The fourth-order valence-corrected chi connectivity index (χ4v) is 8.22. The number of carbonyl (C=O) groups is 5. The van der Waals surface area contributed by atoms with Crippen molar-refractivity contribution in [2.24, 2.45) is 17.8 Å². The Bertz CT molecular complexity index is 1340. The van der Waals surface area contributed by atoms with E-state index < -0.39 is 72.4 Å².